The summed E-state index contributed by atoms with van der Waals surface area (Å²) in [7, 11) is 0. The van der Waals surface area contributed by atoms with Gasteiger partial charge in [0.05, 0.1) is 5.52 Å². The largest absolute Gasteiger partial charge is 0.409 e. The zero-order chi connectivity index (χ0) is 11.7. The Hall–Kier alpha value is -1.49. The normalized spacial score (nSPS) is 12.2. The predicted molar refractivity (Wildman–Crippen MR) is 67.8 cm³/mol. The topological polar surface area (TPSA) is 63.5 Å². The lowest BCUT2D eigenvalue weighted by atomic mass is 10.1. The average molecular weight is 282 g/mol. The molecular weight excluding hydrogens is 270 g/mol. The lowest BCUT2D eigenvalue weighted by Crippen LogP contribution is -2.13. The molecule has 0 aliphatic heterocycles. The quantitative estimate of drug-likeness (QED) is 0.385. The highest BCUT2D eigenvalue weighted by molar-refractivity contribution is 9.10. The molecular formula is C11H12BrN3O. The van der Waals surface area contributed by atoms with Crippen molar-refractivity contribution in [3.63, 3.8) is 0 Å². The van der Waals surface area contributed by atoms with E-state index < -0.39 is 0 Å². The number of rotatable bonds is 2. The Kier molecular flexibility index (Phi) is 2.87. The van der Waals surface area contributed by atoms with Gasteiger partial charge < -0.3 is 15.5 Å². The summed E-state index contributed by atoms with van der Waals surface area (Å²) < 4.78 is 3.11. The smallest absolute Gasteiger partial charge is 0.170 e. The van der Waals surface area contributed by atoms with Crippen LogP contribution in [-0.4, -0.2) is 15.6 Å². The first-order valence-electron chi connectivity index (χ1n) is 4.94. The first-order chi connectivity index (χ1) is 7.69. The molecule has 1 heterocycles. The van der Waals surface area contributed by atoms with E-state index in [0.717, 1.165) is 27.5 Å². The van der Waals surface area contributed by atoms with Gasteiger partial charge in [-0.3, -0.25) is 0 Å². The lowest BCUT2D eigenvalue weighted by Gasteiger charge is -2.06. The third-order valence-electron chi connectivity index (χ3n) is 2.60. The molecule has 0 spiro atoms. The summed E-state index contributed by atoms with van der Waals surface area (Å²) in [5.74, 6) is 0.131. The number of hydrogen-bond acceptors (Lipinski definition) is 2. The number of nitrogens with two attached hydrogens (primary N) is 1. The minimum Gasteiger partial charge on any atom is -0.409 e. The van der Waals surface area contributed by atoms with Crippen molar-refractivity contribution >= 4 is 32.7 Å². The summed E-state index contributed by atoms with van der Waals surface area (Å²) in [6, 6.07) is 5.71. The molecule has 84 valence electrons. The van der Waals surface area contributed by atoms with Crippen molar-refractivity contribution in [1.82, 2.24) is 4.57 Å². The number of nitrogens with zero attached hydrogens (tertiary/aromatic N) is 2. The number of benzene rings is 1. The number of fused-ring (bicyclic) bond motifs is 1. The molecule has 2 aromatic rings. The van der Waals surface area contributed by atoms with Gasteiger partial charge in [0, 0.05) is 28.2 Å². The molecule has 2 rings (SSSR count). The van der Waals surface area contributed by atoms with Gasteiger partial charge in [-0.25, -0.2) is 0 Å². The molecule has 0 saturated carbocycles. The summed E-state index contributed by atoms with van der Waals surface area (Å²) in [4.78, 5) is 0. The maximum Gasteiger partial charge on any atom is 0.170 e. The third-order valence-corrected chi connectivity index (χ3v) is 3.24. The lowest BCUT2D eigenvalue weighted by molar-refractivity contribution is 0.318. The molecule has 4 nitrogen and oxygen atoms in total. The first kappa shape index (κ1) is 11.0. The van der Waals surface area contributed by atoms with Gasteiger partial charge >= 0.3 is 0 Å². The number of hydrogen-bond donors (Lipinski definition) is 2. The molecule has 0 aliphatic rings. The van der Waals surface area contributed by atoms with Gasteiger partial charge in [0.2, 0.25) is 0 Å². The summed E-state index contributed by atoms with van der Waals surface area (Å²) in [6.45, 7) is 2.95. The minimum atomic E-state index is 0.131. The molecule has 0 unspecified atom stereocenters. The van der Waals surface area contributed by atoms with E-state index in [1.807, 2.05) is 24.4 Å². The second-order valence-electron chi connectivity index (χ2n) is 3.44. The van der Waals surface area contributed by atoms with Gasteiger partial charge in [0.15, 0.2) is 5.84 Å². The van der Waals surface area contributed by atoms with Crippen molar-refractivity contribution in [2.75, 3.05) is 0 Å². The summed E-state index contributed by atoms with van der Waals surface area (Å²) in [5.41, 5.74) is 7.44. The number of aromatic nitrogens is 1. The Morgan fingerprint density at radius 3 is 2.88 bits per heavy atom. The summed E-state index contributed by atoms with van der Waals surface area (Å²) >= 11 is 3.51. The first-order valence-corrected chi connectivity index (χ1v) is 5.73. The molecule has 0 radical (unpaired) electrons. The van der Waals surface area contributed by atoms with Gasteiger partial charge in [-0.05, 0) is 41.1 Å². The third kappa shape index (κ3) is 1.57. The fourth-order valence-corrected chi connectivity index (χ4v) is 2.40. The standard InChI is InChI=1S/C11H12BrN3O/c1-2-15-6-5-7-8(11(13)14-16)3-4-9(12)10(7)15/h3-6,16H,2H2,1H3,(H2,13,14). The van der Waals surface area contributed by atoms with Crippen LogP contribution in [0.15, 0.2) is 34.0 Å². The minimum absolute atomic E-state index is 0.131. The molecule has 0 bridgehead atoms. The molecule has 5 heteroatoms. The molecule has 0 fully saturated rings. The number of oxime groups is 1. The van der Waals surface area contributed by atoms with Crippen LogP contribution in [0.4, 0.5) is 0 Å². The maximum absolute atomic E-state index is 8.73. The van der Waals surface area contributed by atoms with Crippen molar-refractivity contribution in [3.8, 4) is 0 Å². The highest BCUT2D eigenvalue weighted by Gasteiger charge is 2.11. The molecule has 0 aliphatic carbocycles. The fourth-order valence-electron chi connectivity index (χ4n) is 1.82. The van der Waals surface area contributed by atoms with E-state index in [0.29, 0.717) is 0 Å². The highest BCUT2D eigenvalue weighted by atomic mass is 79.9. The van der Waals surface area contributed by atoms with Crippen LogP contribution in [0.5, 0.6) is 0 Å². The van der Waals surface area contributed by atoms with E-state index in [1.165, 1.54) is 0 Å². The Balaban J connectivity index is 2.80. The van der Waals surface area contributed by atoms with Crippen molar-refractivity contribution in [3.05, 3.63) is 34.4 Å². The zero-order valence-electron chi connectivity index (χ0n) is 8.81. The summed E-state index contributed by atoms with van der Waals surface area (Å²) in [6.07, 6.45) is 1.99. The van der Waals surface area contributed by atoms with Gasteiger partial charge in [-0.1, -0.05) is 5.16 Å². The van der Waals surface area contributed by atoms with Crippen LogP contribution < -0.4 is 5.73 Å². The van der Waals surface area contributed by atoms with Crippen molar-refractivity contribution in [2.45, 2.75) is 13.5 Å². The van der Waals surface area contributed by atoms with Crippen LogP contribution in [-0.2, 0) is 6.54 Å². The number of aryl methyl sites for hydroxylation is 1. The second kappa shape index (κ2) is 4.17. The Labute approximate surface area is 101 Å². The zero-order valence-corrected chi connectivity index (χ0v) is 10.4. The van der Waals surface area contributed by atoms with Gasteiger partial charge in [0.25, 0.3) is 0 Å². The SMILES string of the molecule is CCn1ccc2c(C(N)=NO)ccc(Br)c21. The van der Waals surface area contributed by atoms with E-state index in [9.17, 15) is 0 Å². The molecule has 1 aromatic carbocycles. The van der Waals surface area contributed by atoms with Crippen molar-refractivity contribution < 1.29 is 5.21 Å². The number of amidine groups is 1. The van der Waals surface area contributed by atoms with Crippen LogP contribution in [0.2, 0.25) is 0 Å². The Bertz CT molecular complexity index is 560. The molecule has 0 saturated heterocycles. The molecule has 0 amide bonds. The van der Waals surface area contributed by atoms with Crippen molar-refractivity contribution in [2.24, 2.45) is 10.9 Å². The second-order valence-corrected chi connectivity index (χ2v) is 4.30. The fraction of sp³-hybridized carbons (Fsp3) is 0.182. The molecule has 16 heavy (non-hydrogen) atoms. The van der Waals surface area contributed by atoms with E-state index in [1.54, 1.807) is 0 Å². The predicted octanol–water partition coefficient (Wildman–Crippen LogP) is 2.52. The molecule has 3 N–H and O–H groups in total. The van der Waals surface area contributed by atoms with E-state index in [-0.39, 0.29) is 5.84 Å². The monoisotopic (exact) mass is 281 g/mol. The van der Waals surface area contributed by atoms with Crippen LogP contribution in [0, 0.1) is 0 Å². The van der Waals surface area contributed by atoms with E-state index in [4.69, 9.17) is 10.9 Å². The van der Waals surface area contributed by atoms with Gasteiger partial charge in [-0.2, -0.15) is 0 Å². The molecule has 0 atom stereocenters. The van der Waals surface area contributed by atoms with E-state index in [2.05, 4.69) is 32.6 Å². The van der Waals surface area contributed by atoms with Gasteiger partial charge in [0.1, 0.15) is 0 Å². The van der Waals surface area contributed by atoms with Gasteiger partial charge in [-0.15, -0.1) is 0 Å². The van der Waals surface area contributed by atoms with Crippen LogP contribution in [0.25, 0.3) is 10.9 Å². The Morgan fingerprint density at radius 2 is 2.25 bits per heavy atom. The van der Waals surface area contributed by atoms with Crippen LogP contribution >= 0.6 is 15.9 Å². The maximum atomic E-state index is 8.73. The van der Waals surface area contributed by atoms with Crippen LogP contribution in [0.1, 0.15) is 12.5 Å². The van der Waals surface area contributed by atoms with Crippen molar-refractivity contribution in [1.29, 1.82) is 0 Å². The van der Waals surface area contributed by atoms with E-state index >= 15 is 0 Å². The molecule has 1 aromatic heterocycles. The summed E-state index contributed by atoms with van der Waals surface area (Å²) in [5, 5.41) is 12.7. The number of halogens is 1. The Morgan fingerprint density at radius 1 is 1.50 bits per heavy atom. The highest BCUT2D eigenvalue weighted by Crippen LogP contribution is 2.28. The van der Waals surface area contributed by atoms with Crippen LogP contribution in [0.3, 0.4) is 0 Å². The average Bonchev–Trinajstić information content (AvgIpc) is 2.73.